The molecule has 1 atom stereocenters. The molecule has 2 aliphatic heterocycles. The van der Waals surface area contributed by atoms with Crippen LogP contribution in [0.4, 0.5) is 0 Å². The summed E-state index contributed by atoms with van der Waals surface area (Å²) in [5.41, 5.74) is 6.35. The largest absolute Gasteiger partial charge is 0.327 e. The quantitative estimate of drug-likeness (QED) is 0.668. The van der Waals surface area contributed by atoms with Crippen LogP contribution in [0.15, 0.2) is 0 Å². The summed E-state index contributed by atoms with van der Waals surface area (Å²) in [4.78, 5) is 0. The van der Waals surface area contributed by atoms with E-state index >= 15 is 0 Å². The molecule has 2 heterocycles. The highest BCUT2D eigenvalue weighted by Crippen LogP contribution is 2.25. The van der Waals surface area contributed by atoms with Crippen LogP contribution in [-0.2, 0) is 0 Å². The fourth-order valence-corrected chi connectivity index (χ4v) is 2.77. The maximum absolute atomic E-state index is 6.35. The minimum absolute atomic E-state index is 0.438. The van der Waals surface area contributed by atoms with Gasteiger partial charge in [0.15, 0.2) is 0 Å². The predicted molar refractivity (Wildman–Crippen MR) is 58.2 cm³/mol. The van der Waals surface area contributed by atoms with Gasteiger partial charge in [-0.3, -0.25) is 0 Å². The minimum Gasteiger partial charge on any atom is -0.327 e. The molecule has 0 aromatic carbocycles. The molecule has 0 spiro atoms. The van der Waals surface area contributed by atoms with Crippen LogP contribution in [0.25, 0.3) is 0 Å². The maximum atomic E-state index is 6.35. The molecule has 3 heteroatoms. The average molecular weight is 196 g/mol. The van der Waals surface area contributed by atoms with Crippen LogP contribution < -0.4 is 16.4 Å². The molecule has 1 radical (unpaired) electrons. The molecule has 2 rings (SSSR count). The molecule has 3 N–H and O–H groups in total. The van der Waals surface area contributed by atoms with Crippen molar-refractivity contribution in [2.24, 2.45) is 17.6 Å². The van der Waals surface area contributed by atoms with Crippen LogP contribution in [0.2, 0.25) is 0 Å². The van der Waals surface area contributed by atoms with Crippen molar-refractivity contribution in [3.05, 3.63) is 0 Å². The van der Waals surface area contributed by atoms with E-state index in [1.807, 2.05) is 0 Å². The minimum atomic E-state index is 0.438. The summed E-state index contributed by atoms with van der Waals surface area (Å²) < 4.78 is 0. The van der Waals surface area contributed by atoms with Crippen LogP contribution in [0.3, 0.4) is 0 Å². The third-order valence-electron chi connectivity index (χ3n) is 3.79. The third kappa shape index (κ3) is 2.47. The summed E-state index contributed by atoms with van der Waals surface area (Å²) in [6.07, 6.45) is 5.00. The van der Waals surface area contributed by atoms with E-state index < -0.39 is 0 Å². The number of rotatable bonds is 2. The number of piperidine rings is 2. The molecule has 2 saturated heterocycles. The van der Waals surface area contributed by atoms with E-state index in [0.717, 1.165) is 38.0 Å². The van der Waals surface area contributed by atoms with Gasteiger partial charge in [-0.05, 0) is 50.6 Å². The summed E-state index contributed by atoms with van der Waals surface area (Å²) in [7, 11) is 0. The highest BCUT2D eigenvalue weighted by Gasteiger charge is 2.28. The van der Waals surface area contributed by atoms with Crippen molar-refractivity contribution in [3.63, 3.8) is 0 Å². The molecule has 0 bridgehead atoms. The van der Waals surface area contributed by atoms with E-state index in [2.05, 4.69) is 10.6 Å². The van der Waals surface area contributed by atoms with Crippen LogP contribution in [0.5, 0.6) is 0 Å². The first-order valence-electron chi connectivity index (χ1n) is 5.97. The van der Waals surface area contributed by atoms with Crippen molar-refractivity contribution in [1.82, 2.24) is 10.6 Å². The number of nitrogens with one attached hydrogen (secondary N) is 1. The zero-order valence-electron chi connectivity index (χ0n) is 8.91. The highest BCUT2D eigenvalue weighted by molar-refractivity contribution is 4.85. The SMILES string of the molecule is NC(C1CC[N]CC1)C1CCNCC1. The number of nitrogens with two attached hydrogens (primary N) is 1. The maximum Gasteiger partial charge on any atom is 0.0136 e. The normalized spacial score (nSPS) is 27.0. The van der Waals surface area contributed by atoms with Crippen molar-refractivity contribution in [2.75, 3.05) is 26.2 Å². The van der Waals surface area contributed by atoms with Gasteiger partial charge in [0.1, 0.15) is 0 Å². The Morgan fingerprint density at radius 3 is 2.21 bits per heavy atom. The Balaban J connectivity index is 1.82. The topological polar surface area (TPSA) is 52.2 Å². The van der Waals surface area contributed by atoms with Gasteiger partial charge in [-0.1, -0.05) is 0 Å². The predicted octanol–water partition coefficient (Wildman–Crippen LogP) is 0.328. The van der Waals surface area contributed by atoms with Gasteiger partial charge in [0.05, 0.1) is 0 Å². The van der Waals surface area contributed by atoms with E-state index in [9.17, 15) is 0 Å². The zero-order chi connectivity index (χ0) is 9.80. The van der Waals surface area contributed by atoms with Crippen molar-refractivity contribution in [2.45, 2.75) is 31.7 Å². The van der Waals surface area contributed by atoms with Gasteiger partial charge in [-0.25, -0.2) is 5.32 Å². The monoisotopic (exact) mass is 196 g/mol. The molecule has 14 heavy (non-hydrogen) atoms. The smallest absolute Gasteiger partial charge is 0.0136 e. The molecule has 0 saturated carbocycles. The van der Waals surface area contributed by atoms with Crippen molar-refractivity contribution >= 4 is 0 Å². The summed E-state index contributed by atoms with van der Waals surface area (Å²) in [6.45, 7) is 4.41. The van der Waals surface area contributed by atoms with Crippen LogP contribution >= 0.6 is 0 Å². The summed E-state index contributed by atoms with van der Waals surface area (Å²) in [6, 6.07) is 0.438. The molecule has 2 fully saturated rings. The second-order valence-corrected chi connectivity index (χ2v) is 4.67. The summed E-state index contributed by atoms with van der Waals surface area (Å²) >= 11 is 0. The van der Waals surface area contributed by atoms with Crippen molar-refractivity contribution in [3.8, 4) is 0 Å². The fraction of sp³-hybridized carbons (Fsp3) is 1.00. The fourth-order valence-electron chi connectivity index (χ4n) is 2.77. The molecule has 0 aliphatic carbocycles. The van der Waals surface area contributed by atoms with Gasteiger partial charge < -0.3 is 11.1 Å². The first kappa shape index (κ1) is 10.4. The number of nitrogens with zero attached hydrogens (tertiary/aromatic N) is 1. The second-order valence-electron chi connectivity index (χ2n) is 4.67. The van der Waals surface area contributed by atoms with Crippen LogP contribution in [-0.4, -0.2) is 32.2 Å². The molecular formula is C11H22N3. The molecule has 1 unspecified atom stereocenters. The highest BCUT2D eigenvalue weighted by atomic mass is 14.9. The van der Waals surface area contributed by atoms with E-state index in [1.165, 1.54) is 25.7 Å². The standard InChI is InChI=1S/C11H22N3/c12-11(9-1-5-13-6-2-9)10-3-7-14-8-4-10/h9-11,13H,1-8,12H2. The Labute approximate surface area is 86.8 Å². The van der Waals surface area contributed by atoms with Gasteiger partial charge >= 0.3 is 0 Å². The van der Waals surface area contributed by atoms with E-state index in [4.69, 9.17) is 5.73 Å². The lowest BCUT2D eigenvalue weighted by atomic mass is 9.79. The first-order valence-corrected chi connectivity index (χ1v) is 5.97. The van der Waals surface area contributed by atoms with E-state index in [0.29, 0.717) is 6.04 Å². The van der Waals surface area contributed by atoms with Gasteiger partial charge in [0.25, 0.3) is 0 Å². The van der Waals surface area contributed by atoms with E-state index in [1.54, 1.807) is 0 Å². The molecule has 0 aromatic rings. The number of hydrogen-bond acceptors (Lipinski definition) is 2. The van der Waals surface area contributed by atoms with Crippen molar-refractivity contribution in [1.29, 1.82) is 0 Å². The lowest BCUT2D eigenvalue weighted by Gasteiger charge is -2.35. The zero-order valence-corrected chi connectivity index (χ0v) is 8.91. The van der Waals surface area contributed by atoms with Gasteiger partial charge in [-0.2, -0.15) is 0 Å². The lowest BCUT2D eigenvalue weighted by molar-refractivity contribution is 0.216. The molecule has 0 aromatic heterocycles. The van der Waals surface area contributed by atoms with Gasteiger partial charge in [0, 0.05) is 19.1 Å². The Morgan fingerprint density at radius 2 is 1.57 bits per heavy atom. The third-order valence-corrected chi connectivity index (χ3v) is 3.79. The lowest BCUT2D eigenvalue weighted by Crippen LogP contribution is -2.45. The molecule has 0 amide bonds. The Kier molecular flexibility index (Phi) is 3.79. The van der Waals surface area contributed by atoms with Gasteiger partial charge in [0.2, 0.25) is 0 Å². The molecule has 81 valence electrons. The van der Waals surface area contributed by atoms with Gasteiger partial charge in [-0.15, -0.1) is 0 Å². The second kappa shape index (κ2) is 5.10. The average Bonchev–Trinajstić information content (AvgIpc) is 2.30. The first-order chi connectivity index (χ1) is 6.88. The molecular weight excluding hydrogens is 174 g/mol. The Hall–Kier alpha value is -0.120. The Bertz CT molecular complexity index is 142. The summed E-state index contributed by atoms with van der Waals surface area (Å²) in [5.74, 6) is 1.51. The van der Waals surface area contributed by atoms with Crippen LogP contribution in [0, 0.1) is 11.8 Å². The van der Waals surface area contributed by atoms with E-state index in [-0.39, 0.29) is 0 Å². The molecule has 2 aliphatic rings. The van der Waals surface area contributed by atoms with Crippen molar-refractivity contribution < 1.29 is 0 Å². The number of hydrogen-bond donors (Lipinski definition) is 2. The summed E-state index contributed by atoms with van der Waals surface area (Å²) in [5, 5.41) is 7.79. The Morgan fingerprint density at radius 1 is 1.00 bits per heavy atom. The molecule has 3 nitrogen and oxygen atoms in total. The van der Waals surface area contributed by atoms with Crippen LogP contribution in [0.1, 0.15) is 25.7 Å².